The number of aromatic nitrogens is 1. The first-order valence-corrected chi connectivity index (χ1v) is 9.49. The number of amides is 1. The monoisotopic (exact) mass is 402 g/mol. The molecule has 146 valence electrons. The van der Waals surface area contributed by atoms with E-state index in [1.54, 1.807) is 12.1 Å². The number of carbonyl (C=O) groups is 1. The molecule has 1 saturated carbocycles. The molecule has 1 aromatic carbocycles. The Balaban J connectivity index is 1.66. The van der Waals surface area contributed by atoms with Crippen LogP contribution in [-0.2, 0) is 10.3 Å². The Morgan fingerprint density at radius 3 is 2.93 bits per heavy atom. The summed E-state index contributed by atoms with van der Waals surface area (Å²) in [6, 6.07) is 7.63. The van der Waals surface area contributed by atoms with Crippen LogP contribution in [0.4, 0.5) is 10.1 Å². The second kappa shape index (κ2) is 7.05. The normalized spacial score (nSPS) is 26.2. The van der Waals surface area contributed by atoms with Gasteiger partial charge in [-0.3, -0.25) is 4.79 Å². The van der Waals surface area contributed by atoms with Crippen molar-refractivity contribution < 1.29 is 13.9 Å². The maximum atomic E-state index is 14.8. The molecule has 0 saturated heterocycles. The van der Waals surface area contributed by atoms with E-state index in [-0.39, 0.29) is 23.7 Å². The number of aliphatic imine (C=N–C) groups is 1. The Labute approximate surface area is 167 Å². The first-order chi connectivity index (χ1) is 13.4. The summed E-state index contributed by atoms with van der Waals surface area (Å²) < 4.78 is 20.4. The Hall–Kier alpha value is -2.67. The highest BCUT2D eigenvalue weighted by atomic mass is 35.5. The Kier molecular flexibility index (Phi) is 4.71. The highest BCUT2D eigenvalue weighted by molar-refractivity contribution is 6.30. The average Bonchev–Trinajstić information content (AvgIpc) is 3.13. The molecule has 28 heavy (non-hydrogen) atoms. The summed E-state index contributed by atoms with van der Waals surface area (Å²) in [5.74, 6) is -0.777. The minimum absolute atomic E-state index is 0.0261. The number of carbonyl (C=O) groups excluding carboxylic acids is 1. The van der Waals surface area contributed by atoms with Crippen LogP contribution in [0.2, 0.25) is 5.02 Å². The van der Waals surface area contributed by atoms with E-state index in [0.717, 1.165) is 19.3 Å². The lowest BCUT2D eigenvalue weighted by Crippen LogP contribution is -2.45. The van der Waals surface area contributed by atoms with Crippen molar-refractivity contribution in [2.24, 2.45) is 16.6 Å². The van der Waals surface area contributed by atoms with Gasteiger partial charge in [0.1, 0.15) is 17.6 Å². The van der Waals surface area contributed by atoms with Gasteiger partial charge in [0.2, 0.25) is 0 Å². The highest BCUT2D eigenvalue weighted by Crippen LogP contribution is 2.47. The van der Waals surface area contributed by atoms with Crippen molar-refractivity contribution in [3.63, 3.8) is 0 Å². The lowest BCUT2D eigenvalue weighted by Gasteiger charge is -2.40. The smallest absolute Gasteiger partial charge is 0.283 e. The topological polar surface area (TPSA) is 89.6 Å². The number of rotatable bonds is 3. The van der Waals surface area contributed by atoms with Crippen molar-refractivity contribution in [1.29, 1.82) is 0 Å². The maximum Gasteiger partial charge on any atom is 0.283 e. The van der Waals surface area contributed by atoms with Crippen LogP contribution in [0, 0.1) is 11.7 Å². The standard InChI is InChI=1S/C20H20ClFN4O2/c1-20(13-3-2-4-17(13)28-19(23)26-20)14-9-12(6-7-15(14)22)25-18(27)16-8-5-11(21)10-24-16/h5-10,13,17H,2-4H2,1H3,(H2,23,26)(H,25,27)/t13?,17?,20-/m0/s1. The Bertz CT molecular complexity index is 950. The molecule has 1 aliphatic carbocycles. The van der Waals surface area contributed by atoms with E-state index in [1.165, 1.54) is 24.4 Å². The van der Waals surface area contributed by atoms with Crippen LogP contribution in [0.3, 0.4) is 0 Å². The van der Waals surface area contributed by atoms with E-state index in [4.69, 9.17) is 22.1 Å². The molecule has 1 fully saturated rings. The molecular weight excluding hydrogens is 383 g/mol. The molecule has 2 aromatic rings. The third-order valence-corrected chi connectivity index (χ3v) is 5.74. The average molecular weight is 403 g/mol. The molecule has 8 heteroatoms. The number of fused-ring (bicyclic) bond motifs is 1. The van der Waals surface area contributed by atoms with Crippen LogP contribution < -0.4 is 11.1 Å². The van der Waals surface area contributed by atoms with Gasteiger partial charge in [0.25, 0.3) is 11.9 Å². The first kappa shape index (κ1) is 18.7. The number of ether oxygens (including phenoxy) is 1. The molecule has 3 N–H and O–H groups in total. The van der Waals surface area contributed by atoms with Crippen molar-refractivity contribution in [3.05, 3.63) is 58.6 Å². The molecule has 1 aromatic heterocycles. The van der Waals surface area contributed by atoms with Crippen LogP contribution in [0.1, 0.15) is 42.2 Å². The molecule has 0 radical (unpaired) electrons. The van der Waals surface area contributed by atoms with Gasteiger partial charge in [-0.2, -0.15) is 0 Å². The number of pyridine rings is 1. The molecule has 0 bridgehead atoms. The van der Waals surface area contributed by atoms with Gasteiger partial charge in [0.05, 0.1) is 10.6 Å². The predicted octanol–water partition coefficient (Wildman–Crippen LogP) is 3.86. The second-order valence-corrected chi connectivity index (χ2v) is 7.74. The summed E-state index contributed by atoms with van der Waals surface area (Å²) >= 11 is 5.80. The molecule has 4 rings (SSSR count). The number of benzene rings is 1. The van der Waals surface area contributed by atoms with E-state index < -0.39 is 17.3 Å². The Morgan fingerprint density at radius 1 is 1.36 bits per heavy atom. The molecule has 0 spiro atoms. The summed E-state index contributed by atoms with van der Waals surface area (Å²) in [4.78, 5) is 20.9. The van der Waals surface area contributed by atoms with Crippen LogP contribution in [0.5, 0.6) is 0 Å². The highest BCUT2D eigenvalue weighted by Gasteiger charge is 2.49. The van der Waals surface area contributed by atoms with Crippen LogP contribution in [-0.4, -0.2) is 23.0 Å². The van der Waals surface area contributed by atoms with Crippen molar-refractivity contribution in [3.8, 4) is 0 Å². The SMILES string of the molecule is C[C@]1(c2cc(NC(=O)c3ccc(Cl)cn3)ccc2F)N=C(N)OC2CCCC21. The first-order valence-electron chi connectivity index (χ1n) is 9.12. The van der Waals surface area contributed by atoms with E-state index in [9.17, 15) is 9.18 Å². The third kappa shape index (κ3) is 3.30. The largest absolute Gasteiger partial charge is 0.462 e. The molecule has 2 unspecified atom stereocenters. The number of nitrogens with two attached hydrogens (primary N) is 1. The summed E-state index contributed by atoms with van der Waals surface area (Å²) in [7, 11) is 0. The number of nitrogens with one attached hydrogen (secondary N) is 1. The zero-order valence-electron chi connectivity index (χ0n) is 15.3. The number of amidine groups is 1. The molecule has 2 heterocycles. The van der Waals surface area contributed by atoms with Gasteiger partial charge in [0, 0.05) is 23.4 Å². The predicted molar refractivity (Wildman–Crippen MR) is 105 cm³/mol. The maximum absolute atomic E-state index is 14.8. The number of halogens is 2. The fourth-order valence-electron chi connectivity index (χ4n) is 4.16. The number of anilines is 1. The van der Waals surface area contributed by atoms with Crippen molar-refractivity contribution in [1.82, 2.24) is 4.98 Å². The van der Waals surface area contributed by atoms with Crippen molar-refractivity contribution in [2.75, 3.05) is 5.32 Å². The van der Waals surface area contributed by atoms with Crippen LogP contribution >= 0.6 is 11.6 Å². The quantitative estimate of drug-likeness (QED) is 0.815. The van der Waals surface area contributed by atoms with Gasteiger partial charge < -0.3 is 15.8 Å². The van der Waals surface area contributed by atoms with Gasteiger partial charge in [-0.25, -0.2) is 14.4 Å². The third-order valence-electron chi connectivity index (χ3n) is 5.52. The number of nitrogens with zero attached hydrogens (tertiary/aromatic N) is 2. The van der Waals surface area contributed by atoms with Crippen LogP contribution in [0.25, 0.3) is 0 Å². The fraction of sp³-hybridized carbons (Fsp3) is 0.350. The van der Waals surface area contributed by atoms with Crippen LogP contribution in [0.15, 0.2) is 41.5 Å². The number of hydrogen-bond donors (Lipinski definition) is 2. The summed E-state index contributed by atoms with van der Waals surface area (Å²) in [5.41, 5.74) is 6.08. The lowest BCUT2D eigenvalue weighted by atomic mass is 9.77. The fourth-order valence-corrected chi connectivity index (χ4v) is 4.27. The zero-order valence-corrected chi connectivity index (χ0v) is 16.0. The van der Waals surface area contributed by atoms with E-state index in [1.807, 2.05) is 6.92 Å². The molecule has 1 amide bonds. The molecule has 2 aliphatic rings. The molecule has 6 nitrogen and oxygen atoms in total. The lowest BCUT2D eigenvalue weighted by molar-refractivity contribution is 0.0701. The molecule has 3 atom stereocenters. The minimum atomic E-state index is -0.854. The van der Waals surface area contributed by atoms with Crippen molar-refractivity contribution >= 4 is 29.2 Å². The summed E-state index contributed by atoms with van der Waals surface area (Å²) in [5, 5.41) is 3.19. The number of hydrogen-bond acceptors (Lipinski definition) is 5. The molecular formula is C20H20ClFN4O2. The van der Waals surface area contributed by atoms with Gasteiger partial charge >= 0.3 is 0 Å². The van der Waals surface area contributed by atoms with E-state index >= 15 is 0 Å². The van der Waals surface area contributed by atoms with Crippen molar-refractivity contribution in [2.45, 2.75) is 37.8 Å². The van der Waals surface area contributed by atoms with Gasteiger partial charge in [-0.1, -0.05) is 11.6 Å². The minimum Gasteiger partial charge on any atom is -0.462 e. The summed E-state index contributed by atoms with van der Waals surface area (Å²) in [6.07, 6.45) is 4.05. The molecule has 1 aliphatic heterocycles. The van der Waals surface area contributed by atoms with Gasteiger partial charge in [0.15, 0.2) is 0 Å². The van der Waals surface area contributed by atoms with E-state index in [2.05, 4.69) is 15.3 Å². The van der Waals surface area contributed by atoms with Gasteiger partial charge in [-0.05, 0) is 56.5 Å². The van der Waals surface area contributed by atoms with Gasteiger partial charge in [-0.15, -0.1) is 0 Å². The second-order valence-electron chi connectivity index (χ2n) is 7.30. The van der Waals surface area contributed by atoms with E-state index in [0.29, 0.717) is 16.3 Å². The summed E-state index contributed by atoms with van der Waals surface area (Å²) in [6.45, 7) is 1.87. The Morgan fingerprint density at radius 2 is 2.18 bits per heavy atom. The zero-order chi connectivity index (χ0) is 19.9.